The molecule has 3 rings (SSSR count). The van der Waals surface area contributed by atoms with Crippen LogP contribution in [0.5, 0.6) is 6.01 Å². The van der Waals surface area contributed by atoms with Gasteiger partial charge in [-0.1, -0.05) is 13.3 Å². The summed E-state index contributed by atoms with van der Waals surface area (Å²) in [6.45, 7) is 6.47. The van der Waals surface area contributed by atoms with Crippen molar-refractivity contribution in [2.45, 2.75) is 32.7 Å². The average molecular weight is 422 g/mol. The molecule has 1 amide bonds. The number of carbonyl (C=O) groups excluding carboxylic acids is 1. The Hall–Kier alpha value is -2.66. The van der Waals surface area contributed by atoms with Crippen LogP contribution in [0.4, 0.5) is 5.82 Å². The first kappa shape index (κ1) is 22.0. The molecule has 1 aliphatic heterocycles. The number of hydrogen-bond donors (Lipinski definition) is 2. The van der Waals surface area contributed by atoms with Crippen LogP contribution in [-0.2, 0) is 16.1 Å². The number of hydrogen-bond acceptors (Lipinski definition) is 8. The van der Waals surface area contributed by atoms with Crippen LogP contribution < -0.4 is 16.2 Å². The molecule has 30 heavy (non-hydrogen) atoms. The number of aromatic nitrogens is 4. The minimum Gasteiger partial charge on any atom is -0.463 e. The molecular formula is C19H31N7O4. The molecule has 3 N–H and O–H groups in total. The van der Waals surface area contributed by atoms with Crippen LogP contribution in [-0.4, -0.2) is 88.3 Å². The molecule has 1 fully saturated rings. The fraction of sp³-hybridized carbons (Fsp3) is 0.684. The predicted octanol–water partition coefficient (Wildman–Crippen LogP) is 0.0614. The van der Waals surface area contributed by atoms with Crippen LogP contribution >= 0.6 is 0 Å². The highest BCUT2D eigenvalue weighted by Gasteiger charge is 2.18. The lowest BCUT2D eigenvalue weighted by Gasteiger charge is -2.28. The number of aryl methyl sites for hydroxylation is 1. The summed E-state index contributed by atoms with van der Waals surface area (Å²) < 4.78 is 12.4. The normalized spacial score (nSPS) is 14.6. The lowest BCUT2D eigenvalue weighted by molar-refractivity contribution is -0.136. The van der Waals surface area contributed by atoms with Gasteiger partial charge in [0.15, 0.2) is 11.5 Å². The molecule has 11 nitrogen and oxygen atoms in total. The van der Waals surface area contributed by atoms with Gasteiger partial charge < -0.3 is 25.1 Å². The molecule has 0 spiro atoms. The number of nitrogens with one attached hydrogen (secondary N) is 1. The van der Waals surface area contributed by atoms with E-state index in [1.807, 2.05) is 16.8 Å². The number of H-pyrrole nitrogens is 1. The lowest BCUT2D eigenvalue weighted by Crippen LogP contribution is -2.45. The Morgan fingerprint density at radius 2 is 2.07 bits per heavy atom. The maximum Gasteiger partial charge on any atom is 0.327 e. The number of aromatic amines is 1. The zero-order valence-electron chi connectivity index (χ0n) is 17.7. The van der Waals surface area contributed by atoms with Gasteiger partial charge in [0.1, 0.15) is 5.52 Å². The number of nitrogens with two attached hydrogens (primary N) is 1. The molecule has 0 unspecified atom stereocenters. The third-order valence-corrected chi connectivity index (χ3v) is 5.05. The smallest absolute Gasteiger partial charge is 0.327 e. The number of rotatable bonds is 10. The molecule has 166 valence electrons. The van der Waals surface area contributed by atoms with Gasteiger partial charge in [0.2, 0.25) is 5.91 Å². The minimum atomic E-state index is -0.288. The summed E-state index contributed by atoms with van der Waals surface area (Å²) in [6, 6.07) is 0.175. The fourth-order valence-electron chi connectivity index (χ4n) is 3.33. The molecular weight excluding hydrogens is 390 g/mol. The average Bonchev–Trinajstić information content (AvgIpc) is 3.05. The van der Waals surface area contributed by atoms with Crippen molar-refractivity contribution >= 4 is 22.9 Å². The van der Waals surface area contributed by atoms with Gasteiger partial charge in [-0.05, 0) is 19.9 Å². The standard InChI is InChI=1S/C19H31N7O4/c1-3-4-10-30-18-22-16(20)15-17(23-18)26(19(28)21-15)7-5-6-24(2)13-14(27)25-8-11-29-12-9-25/h3-13H2,1-2H3,(H,21,28)(H2,20,22,23). The summed E-state index contributed by atoms with van der Waals surface area (Å²) in [6.07, 6.45) is 2.56. The number of morpholine rings is 1. The molecule has 1 saturated heterocycles. The van der Waals surface area contributed by atoms with E-state index < -0.39 is 0 Å². The summed E-state index contributed by atoms with van der Waals surface area (Å²) in [5, 5.41) is 0. The van der Waals surface area contributed by atoms with E-state index in [2.05, 4.69) is 21.9 Å². The van der Waals surface area contributed by atoms with Crippen molar-refractivity contribution in [3.05, 3.63) is 10.5 Å². The second kappa shape index (κ2) is 10.4. The molecule has 0 saturated carbocycles. The quantitative estimate of drug-likeness (QED) is 0.515. The Labute approximate surface area is 175 Å². The highest BCUT2D eigenvalue weighted by Crippen LogP contribution is 2.18. The van der Waals surface area contributed by atoms with Gasteiger partial charge in [0.25, 0.3) is 0 Å². The maximum absolute atomic E-state index is 12.4. The van der Waals surface area contributed by atoms with Crippen molar-refractivity contribution in [3.63, 3.8) is 0 Å². The minimum absolute atomic E-state index is 0.0967. The number of nitrogen functional groups attached to an aromatic ring is 1. The van der Waals surface area contributed by atoms with Crippen LogP contribution in [0.25, 0.3) is 11.2 Å². The Bertz CT molecular complexity index is 904. The van der Waals surface area contributed by atoms with E-state index >= 15 is 0 Å². The first-order valence-corrected chi connectivity index (χ1v) is 10.4. The number of likely N-dealkylation sites (N-methyl/N-ethyl adjacent to an activating group) is 1. The zero-order valence-corrected chi connectivity index (χ0v) is 17.7. The summed E-state index contributed by atoms with van der Waals surface area (Å²) in [4.78, 5) is 39.7. The van der Waals surface area contributed by atoms with E-state index in [0.717, 1.165) is 12.8 Å². The van der Waals surface area contributed by atoms with Gasteiger partial charge in [0.05, 0.1) is 26.4 Å². The van der Waals surface area contributed by atoms with Crippen LogP contribution in [0.2, 0.25) is 0 Å². The Balaban J connectivity index is 1.58. The molecule has 0 aromatic carbocycles. The highest BCUT2D eigenvalue weighted by atomic mass is 16.5. The number of imidazole rings is 1. The van der Waals surface area contributed by atoms with Crippen molar-refractivity contribution < 1.29 is 14.3 Å². The number of fused-ring (bicyclic) bond motifs is 1. The first-order valence-electron chi connectivity index (χ1n) is 10.4. The molecule has 0 radical (unpaired) electrons. The summed E-state index contributed by atoms with van der Waals surface area (Å²) in [5.41, 5.74) is 6.54. The van der Waals surface area contributed by atoms with E-state index in [9.17, 15) is 9.59 Å². The van der Waals surface area contributed by atoms with Crippen molar-refractivity contribution in [2.24, 2.45) is 0 Å². The lowest BCUT2D eigenvalue weighted by atomic mass is 10.3. The van der Waals surface area contributed by atoms with Crippen molar-refractivity contribution in [3.8, 4) is 6.01 Å². The Morgan fingerprint density at radius 1 is 1.30 bits per heavy atom. The van der Waals surface area contributed by atoms with E-state index in [4.69, 9.17) is 15.2 Å². The van der Waals surface area contributed by atoms with Crippen molar-refractivity contribution in [2.75, 3.05) is 58.8 Å². The predicted molar refractivity (Wildman–Crippen MR) is 112 cm³/mol. The third-order valence-electron chi connectivity index (χ3n) is 5.05. The number of nitrogens with zero attached hydrogens (tertiary/aromatic N) is 5. The number of anilines is 1. The van der Waals surface area contributed by atoms with Crippen molar-refractivity contribution in [1.82, 2.24) is 29.3 Å². The number of amides is 1. The van der Waals surface area contributed by atoms with E-state index in [1.165, 1.54) is 4.57 Å². The largest absolute Gasteiger partial charge is 0.463 e. The van der Waals surface area contributed by atoms with Gasteiger partial charge in [-0.2, -0.15) is 9.97 Å². The second-order valence-corrected chi connectivity index (χ2v) is 7.46. The van der Waals surface area contributed by atoms with Gasteiger partial charge in [-0.25, -0.2) is 4.79 Å². The molecule has 0 atom stereocenters. The molecule has 0 bridgehead atoms. The molecule has 2 aromatic rings. The number of carbonyl (C=O) groups is 1. The van der Waals surface area contributed by atoms with Gasteiger partial charge in [-0.15, -0.1) is 0 Å². The Morgan fingerprint density at radius 3 is 2.80 bits per heavy atom. The maximum atomic E-state index is 12.4. The van der Waals surface area contributed by atoms with Crippen molar-refractivity contribution in [1.29, 1.82) is 0 Å². The topological polar surface area (TPSA) is 132 Å². The monoisotopic (exact) mass is 421 g/mol. The summed E-state index contributed by atoms with van der Waals surface area (Å²) >= 11 is 0. The van der Waals surface area contributed by atoms with E-state index in [-0.39, 0.29) is 23.4 Å². The third kappa shape index (κ3) is 5.48. The highest BCUT2D eigenvalue weighted by molar-refractivity contribution is 5.81. The zero-order chi connectivity index (χ0) is 21.5. The van der Waals surface area contributed by atoms with Crippen LogP contribution in [0.3, 0.4) is 0 Å². The van der Waals surface area contributed by atoms with Crippen LogP contribution in [0.15, 0.2) is 4.79 Å². The van der Waals surface area contributed by atoms with Crippen LogP contribution in [0.1, 0.15) is 26.2 Å². The number of ether oxygens (including phenoxy) is 2. The van der Waals surface area contributed by atoms with Gasteiger partial charge in [-0.3, -0.25) is 14.3 Å². The summed E-state index contributed by atoms with van der Waals surface area (Å²) in [5.74, 6) is 0.287. The van der Waals surface area contributed by atoms with Crippen LogP contribution in [0, 0.1) is 0 Å². The SMILES string of the molecule is CCCCOc1nc(N)c2[nH]c(=O)n(CCCN(C)CC(=O)N3CCOCC3)c2n1. The van der Waals surface area contributed by atoms with E-state index in [0.29, 0.717) is 70.1 Å². The molecule has 3 heterocycles. The van der Waals surface area contributed by atoms with Gasteiger partial charge in [0, 0.05) is 26.2 Å². The van der Waals surface area contributed by atoms with E-state index in [1.54, 1.807) is 0 Å². The van der Waals surface area contributed by atoms with Gasteiger partial charge >= 0.3 is 11.7 Å². The fourth-order valence-corrected chi connectivity index (χ4v) is 3.33. The molecule has 1 aliphatic rings. The Kier molecular flexibility index (Phi) is 7.63. The molecule has 2 aromatic heterocycles. The number of unbranched alkanes of at least 4 members (excludes halogenated alkanes) is 1. The second-order valence-electron chi connectivity index (χ2n) is 7.46. The first-order chi connectivity index (χ1) is 14.5. The molecule has 0 aliphatic carbocycles. The molecule has 11 heteroatoms. The summed E-state index contributed by atoms with van der Waals surface area (Å²) in [7, 11) is 1.90.